The van der Waals surface area contributed by atoms with E-state index >= 15 is 0 Å². The number of nitrogens with zero attached hydrogens (tertiary/aromatic N) is 3. The molecule has 4 heterocycles. The van der Waals surface area contributed by atoms with Crippen LogP contribution in [-0.2, 0) is 23.5 Å². The van der Waals surface area contributed by atoms with Crippen molar-refractivity contribution in [2.75, 3.05) is 31.5 Å². The number of fused-ring (bicyclic) bond motifs is 3. The van der Waals surface area contributed by atoms with Crippen LogP contribution in [0.3, 0.4) is 0 Å². The van der Waals surface area contributed by atoms with E-state index in [0.29, 0.717) is 24.2 Å². The van der Waals surface area contributed by atoms with Crippen molar-refractivity contribution in [1.29, 1.82) is 0 Å². The van der Waals surface area contributed by atoms with Crippen LogP contribution in [0.15, 0.2) is 60.8 Å². The van der Waals surface area contributed by atoms with Crippen LogP contribution in [0.4, 0.5) is 5.69 Å². The van der Waals surface area contributed by atoms with Gasteiger partial charge in [0.25, 0.3) is 0 Å². The molecule has 3 aromatic rings. The van der Waals surface area contributed by atoms with Crippen molar-refractivity contribution in [3.8, 4) is 5.75 Å². The van der Waals surface area contributed by atoms with E-state index in [-0.39, 0.29) is 5.91 Å². The monoisotopic (exact) mass is 558 g/mol. The number of ether oxygens (including phenoxy) is 1. The standard InChI is InChI=1S/C32H35ClN4O3/c1-32(2,39)22-8-10-30-27(15-22)25(26-5-3-12-34-29(26)20-40-30)6-4-13-36-14-11-24(18-36)37-17-21-7-9-23(33)16-28(21)35-31(38)19-37/h3,5-10,12,15-16,24,39H,4,11,13-14,17-20H2,1-2H3,(H,35,38)/t24-/m1/s1. The normalized spacial score (nSPS) is 20.6. The SMILES string of the molecule is CC(C)(O)c1ccc2c(c1)C(=CCCN1CC[C@@H](N3CC(=O)Nc4cc(Cl)ccc4C3)C1)c1cccnc1CO2. The van der Waals surface area contributed by atoms with Gasteiger partial charge in [-0.05, 0) is 80.3 Å². The maximum absolute atomic E-state index is 12.6. The van der Waals surface area contributed by atoms with E-state index in [4.69, 9.17) is 16.3 Å². The molecule has 2 aromatic carbocycles. The number of carbonyl (C=O) groups excluding carboxylic acids is 1. The number of carbonyl (C=O) groups is 1. The number of nitrogens with one attached hydrogen (secondary N) is 1. The Balaban J connectivity index is 1.19. The first-order valence-corrected chi connectivity index (χ1v) is 14.3. The van der Waals surface area contributed by atoms with Crippen LogP contribution >= 0.6 is 11.6 Å². The average molecular weight is 559 g/mol. The number of aliphatic hydroxyl groups is 1. The van der Waals surface area contributed by atoms with Crippen molar-refractivity contribution >= 4 is 28.8 Å². The molecule has 2 N–H and O–H groups in total. The van der Waals surface area contributed by atoms with Gasteiger partial charge in [-0.3, -0.25) is 14.7 Å². The van der Waals surface area contributed by atoms with Gasteiger partial charge in [0.2, 0.25) is 5.91 Å². The highest BCUT2D eigenvalue weighted by Crippen LogP contribution is 2.38. The summed E-state index contributed by atoms with van der Waals surface area (Å²) in [6, 6.07) is 16.1. The Hall–Kier alpha value is -3.23. The third-order valence-corrected chi connectivity index (χ3v) is 8.38. The smallest absolute Gasteiger partial charge is 0.238 e. The minimum absolute atomic E-state index is 0.0103. The molecule has 7 nitrogen and oxygen atoms in total. The molecule has 0 spiro atoms. The first-order valence-electron chi connectivity index (χ1n) is 13.9. The highest BCUT2D eigenvalue weighted by atomic mass is 35.5. The Labute approximate surface area is 240 Å². The van der Waals surface area contributed by atoms with Crippen molar-refractivity contribution in [3.63, 3.8) is 0 Å². The van der Waals surface area contributed by atoms with Crippen LogP contribution < -0.4 is 10.1 Å². The summed E-state index contributed by atoms with van der Waals surface area (Å²) >= 11 is 6.16. The second-order valence-electron chi connectivity index (χ2n) is 11.5. The lowest BCUT2D eigenvalue weighted by Gasteiger charge is -2.26. The van der Waals surface area contributed by atoms with Gasteiger partial charge in [0, 0.05) is 53.7 Å². The van der Waals surface area contributed by atoms with Crippen LogP contribution in [0.5, 0.6) is 5.75 Å². The molecule has 1 fully saturated rings. The number of hydrogen-bond acceptors (Lipinski definition) is 6. The molecule has 40 heavy (non-hydrogen) atoms. The van der Waals surface area contributed by atoms with E-state index in [1.165, 1.54) is 0 Å². The van der Waals surface area contributed by atoms with E-state index < -0.39 is 5.60 Å². The molecular formula is C32H35ClN4O3. The molecule has 8 heteroatoms. The highest BCUT2D eigenvalue weighted by Gasteiger charge is 2.31. The Morgan fingerprint density at radius 2 is 2.05 bits per heavy atom. The Morgan fingerprint density at radius 3 is 2.90 bits per heavy atom. The molecular weight excluding hydrogens is 524 g/mol. The van der Waals surface area contributed by atoms with Crippen molar-refractivity contribution in [2.24, 2.45) is 0 Å². The lowest BCUT2D eigenvalue weighted by atomic mass is 9.90. The zero-order chi connectivity index (χ0) is 27.9. The number of benzene rings is 2. The predicted octanol–water partition coefficient (Wildman–Crippen LogP) is 5.21. The van der Waals surface area contributed by atoms with Gasteiger partial charge < -0.3 is 20.1 Å². The minimum atomic E-state index is -0.953. The molecule has 0 radical (unpaired) electrons. The summed E-state index contributed by atoms with van der Waals surface area (Å²) in [5.74, 6) is 0.815. The van der Waals surface area contributed by atoms with Crippen LogP contribution in [0.2, 0.25) is 5.02 Å². The summed E-state index contributed by atoms with van der Waals surface area (Å²) in [6.45, 7) is 7.99. The van der Waals surface area contributed by atoms with Crippen LogP contribution in [0.1, 0.15) is 54.6 Å². The maximum atomic E-state index is 12.6. The molecule has 0 bridgehead atoms. The largest absolute Gasteiger partial charge is 0.487 e. The zero-order valence-electron chi connectivity index (χ0n) is 23.0. The van der Waals surface area contributed by atoms with Gasteiger partial charge in [-0.1, -0.05) is 35.9 Å². The van der Waals surface area contributed by atoms with E-state index in [9.17, 15) is 9.90 Å². The van der Waals surface area contributed by atoms with Gasteiger partial charge >= 0.3 is 0 Å². The Morgan fingerprint density at radius 1 is 1.18 bits per heavy atom. The highest BCUT2D eigenvalue weighted by molar-refractivity contribution is 6.31. The van der Waals surface area contributed by atoms with Crippen LogP contribution in [-0.4, -0.2) is 58.0 Å². The minimum Gasteiger partial charge on any atom is -0.487 e. The quantitative estimate of drug-likeness (QED) is 0.448. The second-order valence-corrected chi connectivity index (χ2v) is 11.9. The summed E-state index contributed by atoms with van der Waals surface area (Å²) in [5.41, 5.74) is 5.88. The van der Waals surface area contributed by atoms with Gasteiger partial charge in [-0.25, -0.2) is 0 Å². The third kappa shape index (κ3) is 5.65. The fraction of sp³-hybridized carbons (Fsp3) is 0.375. The Kier molecular flexibility index (Phi) is 7.40. The predicted molar refractivity (Wildman–Crippen MR) is 157 cm³/mol. The molecule has 3 aliphatic heterocycles. The topological polar surface area (TPSA) is 77.9 Å². The molecule has 1 amide bonds. The average Bonchev–Trinajstić information content (AvgIpc) is 3.25. The number of pyridine rings is 1. The molecule has 0 unspecified atom stereocenters. The molecule has 6 rings (SSSR count). The van der Waals surface area contributed by atoms with E-state index in [0.717, 1.165) is 84.0 Å². The van der Waals surface area contributed by atoms with Crippen molar-refractivity contribution in [3.05, 3.63) is 93.8 Å². The first kappa shape index (κ1) is 27.0. The fourth-order valence-electron chi connectivity index (χ4n) is 5.97. The molecule has 0 aliphatic carbocycles. The fourth-order valence-corrected chi connectivity index (χ4v) is 6.14. The summed E-state index contributed by atoms with van der Waals surface area (Å²) in [4.78, 5) is 22.0. The van der Waals surface area contributed by atoms with Crippen LogP contribution in [0.25, 0.3) is 5.57 Å². The number of anilines is 1. The molecule has 1 aromatic heterocycles. The lowest BCUT2D eigenvalue weighted by molar-refractivity contribution is -0.117. The number of aromatic nitrogens is 1. The van der Waals surface area contributed by atoms with Gasteiger partial charge in [0.1, 0.15) is 12.4 Å². The number of amides is 1. The van der Waals surface area contributed by atoms with Gasteiger partial charge in [-0.15, -0.1) is 0 Å². The van der Waals surface area contributed by atoms with Crippen molar-refractivity contribution in [1.82, 2.24) is 14.8 Å². The Bertz CT molecular complexity index is 1460. The van der Waals surface area contributed by atoms with Crippen molar-refractivity contribution in [2.45, 2.75) is 51.5 Å². The number of halogens is 1. The first-order chi connectivity index (χ1) is 19.2. The molecule has 0 saturated carbocycles. The van der Waals surface area contributed by atoms with Gasteiger partial charge in [-0.2, -0.15) is 0 Å². The second kappa shape index (κ2) is 11.0. The van der Waals surface area contributed by atoms with E-state index in [1.807, 2.05) is 42.5 Å². The third-order valence-electron chi connectivity index (χ3n) is 8.14. The molecule has 1 saturated heterocycles. The van der Waals surface area contributed by atoms with Crippen LogP contribution in [0, 0.1) is 0 Å². The van der Waals surface area contributed by atoms with Crippen molar-refractivity contribution < 1.29 is 14.6 Å². The molecule has 3 aliphatic rings. The summed E-state index contributed by atoms with van der Waals surface area (Å²) in [6.07, 6.45) is 5.99. The number of hydrogen-bond donors (Lipinski definition) is 2. The maximum Gasteiger partial charge on any atom is 0.238 e. The van der Waals surface area contributed by atoms with Gasteiger partial charge in [0.05, 0.1) is 17.8 Å². The van der Waals surface area contributed by atoms with E-state index in [1.54, 1.807) is 20.0 Å². The van der Waals surface area contributed by atoms with E-state index in [2.05, 4.69) is 32.2 Å². The zero-order valence-corrected chi connectivity index (χ0v) is 23.7. The molecule has 1 atom stereocenters. The summed E-state index contributed by atoms with van der Waals surface area (Å²) in [5, 5.41) is 14.3. The number of rotatable bonds is 5. The number of likely N-dealkylation sites (tertiary alicyclic amines) is 1. The van der Waals surface area contributed by atoms with Gasteiger partial charge in [0.15, 0.2) is 0 Å². The lowest BCUT2D eigenvalue weighted by Crippen LogP contribution is -2.40. The molecule has 208 valence electrons. The summed E-state index contributed by atoms with van der Waals surface area (Å²) in [7, 11) is 0. The summed E-state index contributed by atoms with van der Waals surface area (Å²) < 4.78 is 6.14.